The van der Waals surface area contributed by atoms with Gasteiger partial charge in [0.2, 0.25) is 0 Å². The summed E-state index contributed by atoms with van der Waals surface area (Å²) in [6, 6.07) is 12.3. The highest BCUT2D eigenvalue weighted by Gasteiger charge is 2.44. The van der Waals surface area contributed by atoms with E-state index >= 15 is 0 Å². The van der Waals surface area contributed by atoms with Gasteiger partial charge in [0.1, 0.15) is 5.69 Å². The topological polar surface area (TPSA) is 68.1 Å². The minimum atomic E-state index is -0.622. The SMILES string of the molecule is CCOC(=O)c1c2c(c3cc(C)ccn13)C(=O)N(c1ccccc1)C2=O. The van der Waals surface area contributed by atoms with Crippen molar-refractivity contribution >= 4 is 29.0 Å². The van der Waals surface area contributed by atoms with Crippen LogP contribution in [0.1, 0.15) is 43.7 Å². The molecule has 1 aromatic carbocycles. The second kappa shape index (κ2) is 5.84. The van der Waals surface area contributed by atoms with Crippen molar-refractivity contribution in [3.8, 4) is 0 Å². The summed E-state index contributed by atoms with van der Waals surface area (Å²) in [5.41, 5.74) is 2.35. The standard InChI is InChI=1S/C20H16N2O4/c1-3-26-20(25)17-16-15(14-11-12(2)9-10-21(14)17)18(23)22(19(16)24)13-7-5-4-6-8-13/h4-11H,3H2,1-2H3. The highest BCUT2D eigenvalue weighted by Crippen LogP contribution is 2.35. The van der Waals surface area contributed by atoms with E-state index in [2.05, 4.69) is 0 Å². The number of nitrogens with zero attached hydrogens (tertiary/aromatic N) is 2. The van der Waals surface area contributed by atoms with Crippen LogP contribution in [0.4, 0.5) is 5.69 Å². The van der Waals surface area contributed by atoms with Gasteiger partial charge in [0.15, 0.2) is 0 Å². The second-order valence-corrected chi connectivity index (χ2v) is 6.06. The third-order valence-corrected chi connectivity index (χ3v) is 4.41. The summed E-state index contributed by atoms with van der Waals surface area (Å²) in [6.07, 6.45) is 1.68. The molecule has 0 radical (unpaired) electrons. The number of aromatic nitrogens is 1. The van der Waals surface area contributed by atoms with Crippen molar-refractivity contribution < 1.29 is 19.1 Å². The number of ether oxygens (including phenoxy) is 1. The highest BCUT2D eigenvalue weighted by molar-refractivity contribution is 6.38. The lowest BCUT2D eigenvalue weighted by molar-refractivity contribution is 0.0515. The van der Waals surface area contributed by atoms with Crippen molar-refractivity contribution in [1.29, 1.82) is 0 Å². The first-order valence-corrected chi connectivity index (χ1v) is 8.30. The molecular weight excluding hydrogens is 332 g/mol. The Kier molecular flexibility index (Phi) is 3.61. The zero-order valence-corrected chi connectivity index (χ0v) is 14.4. The molecule has 0 spiro atoms. The van der Waals surface area contributed by atoms with E-state index in [0.717, 1.165) is 10.5 Å². The van der Waals surface area contributed by atoms with Gasteiger partial charge >= 0.3 is 5.97 Å². The summed E-state index contributed by atoms with van der Waals surface area (Å²) in [6.45, 7) is 3.76. The van der Waals surface area contributed by atoms with Gasteiger partial charge in [0.05, 0.1) is 28.9 Å². The van der Waals surface area contributed by atoms with Crippen molar-refractivity contribution in [2.75, 3.05) is 11.5 Å². The third-order valence-electron chi connectivity index (χ3n) is 4.41. The van der Waals surface area contributed by atoms with Crippen LogP contribution in [0.3, 0.4) is 0 Å². The fourth-order valence-electron chi connectivity index (χ4n) is 3.31. The van der Waals surface area contributed by atoms with Gasteiger partial charge < -0.3 is 9.14 Å². The molecule has 0 fully saturated rings. The fraction of sp³-hybridized carbons (Fsp3) is 0.150. The highest BCUT2D eigenvalue weighted by atomic mass is 16.5. The van der Waals surface area contributed by atoms with E-state index in [0.29, 0.717) is 11.2 Å². The number of para-hydroxylation sites is 1. The lowest BCUT2D eigenvalue weighted by Crippen LogP contribution is -2.30. The molecule has 0 saturated heterocycles. The van der Waals surface area contributed by atoms with E-state index in [-0.39, 0.29) is 23.4 Å². The molecule has 2 amide bonds. The number of fused-ring (bicyclic) bond motifs is 3. The monoisotopic (exact) mass is 348 g/mol. The van der Waals surface area contributed by atoms with E-state index in [1.165, 1.54) is 0 Å². The predicted molar refractivity (Wildman–Crippen MR) is 95.7 cm³/mol. The Morgan fingerprint density at radius 1 is 1.04 bits per heavy atom. The first kappa shape index (κ1) is 16.1. The number of rotatable bonds is 3. The molecule has 0 unspecified atom stereocenters. The summed E-state index contributed by atoms with van der Waals surface area (Å²) in [5, 5.41) is 0. The molecule has 0 N–H and O–H groups in total. The van der Waals surface area contributed by atoms with Crippen molar-refractivity contribution in [3.63, 3.8) is 0 Å². The Labute approximate surface area is 149 Å². The normalized spacial score (nSPS) is 13.4. The molecule has 0 bridgehead atoms. The molecule has 3 aromatic rings. The smallest absolute Gasteiger partial charge is 0.356 e. The van der Waals surface area contributed by atoms with Gasteiger partial charge in [-0.2, -0.15) is 0 Å². The first-order chi connectivity index (χ1) is 12.5. The Morgan fingerprint density at radius 2 is 1.73 bits per heavy atom. The molecule has 130 valence electrons. The van der Waals surface area contributed by atoms with Gasteiger partial charge in [-0.1, -0.05) is 18.2 Å². The van der Waals surface area contributed by atoms with Crippen molar-refractivity contribution in [1.82, 2.24) is 4.40 Å². The van der Waals surface area contributed by atoms with Crippen LogP contribution >= 0.6 is 0 Å². The summed E-state index contributed by atoms with van der Waals surface area (Å²) in [4.78, 5) is 39.8. The number of hydrogen-bond donors (Lipinski definition) is 0. The van der Waals surface area contributed by atoms with E-state index < -0.39 is 17.8 Å². The molecule has 4 rings (SSSR count). The number of carbonyl (C=O) groups excluding carboxylic acids is 3. The van der Waals surface area contributed by atoms with Crippen LogP contribution in [0.5, 0.6) is 0 Å². The number of carbonyl (C=O) groups is 3. The Balaban J connectivity index is 2.00. The van der Waals surface area contributed by atoms with Gasteiger partial charge in [0.25, 0.3) is 11.8 Å². The number of amides is 2. The van der Waals surface area contributed by atoms with Crippen LogP contribution in [0.15, 0.2) is 48.7 Å². The summed E-state index contributed by atoms with van der Waals surface area (Å²) < 4.78 is 6.70. The van der Waals surface area contributed by atoms with Gasteiger partial charge in [0, 0.05) is 6.20 Å². The fourth-order valence-corrected chi connectivity index (χ4v) is 3.31. The predicted octanol–water partition coefficient (Wildman–Crippen LogP) is 3.23. The van der Waals surface area contributed by atoms with Gasteiger partial charge in [-0.15, -0.1) is 0 Å². The Morgan fingerprint density at radius 3 is 2.42 bits per heavy atom. The quantitative estimate of drug-likeness (QED) is 0.538. The van der Waals surface area contributed by atoms with E-state index in [1.807, 2.05) is 13.0 Å². The lowest BCUT2D eigenvalue weighted by Gasteiger charge is -2.15. The van der Waals surface area contributed by atoms with Crippen LogP contribution in [0, 0.1) is 6.92 Å². The first-order valence-electron chi connectivity index (χ1n) is 8.30. The molecule has 0 atom stereocenters. The van der Waals surface area contributed by atoms with Crippen LogP contribution in [0.25, 0.3) is 5.52 Å². The third kappa shape index (κ3) is 2.15. The van der Waals surface area contributed by atoms with Crippen LogP contribution in [-0.2, 0) is 4.74 Å². The number of esters is 1. The molecule has 6 heteroatoms. The van der Waals surface area contributed by atoms with Crippen molar-refractivity contribution in [2.24, 2.45) is 0 Å². The molecule has 26 heavy (non-hydrogen) atoms. The minimum absolute atomic E-state index is 0.0913. The molecule has 0 aliphatic carbocycles. The average Bonchev–Trinajstić information content (AvgIpc) is 3.09. The van der Waals surface area contributed by atoms with E-state index in [9.17, 15) is 14.4 Å². The van der Waals surface area contributed by atoms with Crippen LogP contribution < -0.4 is 4.90 Å². The van der Waals surface area contributed by atoms with Crippen molar-refractivity contribution in [3.05, 3.63) is 71.0 Å². The Bertz CT molecular complexity index is 1070. The number of pyridine rings is 1. The molecule has 3 heterocycles. The van der Waals surface area contributed by atoms with Gasteiger partial charge in [-0.25, -0.2) is 9.69 Å². The molecule has 1 aliphatic heterocycles. The zero-order chi connectivity index (χ0) is 18.4. The van der Waals surface area contributed by atoms with Gasteiger partial charge in [-0.3, -0.25) is 9.59 Å². The largest absolute Gasteiger partial charge is 0.461 e. The maximum atomic E-state index is 13.1. The number of aryl methyl sites for hydroxylation is 1. The molecule has 1 aliphatic rings. The summed E-state index contributed by atoms with van der Waals surface area (Å²) in [7, 11) is 0. The van der Waals surface area contributed by atoms with E-state index in [4.69, 9.17) is 4.74 Å². The molecule has 2 aromatic heterocycles. The van der Waals surface area contributed by atoms with E-state index in [1.54, 1.807) is 53.9 Å². The lowest BCUT2D eigenvalue weighted by atomic mass is 10.1. The minimum Gasteiger partial charge on any atom is -0.461 e. The summed E-state index contributed by atoms with van der Waals surface area (Å²) in [5.74, 6) is -1.57. The summed E-state index contributed by atoms with van der Waals surface area (Å²) >= 11 is 0. The van der Waals surface area contributed by atoms with Crippen molar-refractivity contribution in [2.45, 2.75) is 13.8 Å². The number of anilines is 1. The number of imide groups is 1. The van der Waals surface area contributed by atoms with Gasteiger partial charge in [-0.05, 0) is 43.7 Å². The second-order valence-electron chi connectivity index (χ2n) is 6.06. The Hall–Kier alpha value is -3.41. The van der Waals surface area contributed by atoms with Crippen LogP contribution in [0.2, 0.25) is 0 Å². The molecule has 0 saturated carbocycles. The average molecular weight is 348 g/mol. The molecule has 6 nitrogen and oxygen atoms in total. The maximum absolute atomic E-state index is 13.1. The number of benzene rings is 1. The van der Waals surface area contributed by atoms with Crippen LogP contribution in [-0.4, -0.2) is 28.8 Å². The maximum Gasteiger partial charge on any atom is 0.356 e. The zero-order valence-electron chi connectivity index (χ0n) is 14.4. The molecular formula is C20H16N2O4. The number of hydrogen-bond acceptors (Lipinski definition) is 4.